The molecule has 5 rings (SSSR count). The van der Waals surface area contributed by atoms with E-state index in [1.807, 2.05) is 0 Å². The average Bonchev–Trinajstić information content (AvgIpc) is 2.52. The van der Waals surface area contributed by atoms with E-state index in [-0.39, 0.29) is 10.8 Å². The molecule has 1 aromatic rings. The minimum atomic E-state index is -3.89. The van der Waals surface area contributed by atoms with Crippen LogP contribution in [0.25, 0.3) is 0 Å². The Morgan fingerprint density at radius 1 is 1.00 bits per heavy atom. The Balaban J connectivity index is 1.46. The molecule has 4 saturated carbocycles. The number of rotatable bonds is 4. The second-order valence-corrected chi connectivity index (χ2v) is 9.39. The summed E-state index contributed by atoms with van der Waals surface area (Å²) >= 11 is 0. The van der Waals surface area contributed by atoms with E-state index in [9.17, 15) is 17.6 Å². The molecule has 4 aliphatic carbocycles. The van der Waals surface area contributed by atoms with Crippen LogP contribution in [-0.4, -0.2) is 14.3 Å². The van der Waals surface area contributed by atoms with Gasteiger partial charge in [-0.05, 0) is 80.5 Å². The molecule has 24 heavy (non-hydrogen) atoms. The Bertz CT molecular complexity index is 725. The van der Waals surface area contributed by atoms with Gasteiger partial charge in [0.05, 0.1) is 10.3 Å². The molecule has 5 nitrogen and oxygen atoms in total. The first kappa shape index (κ1) is 16.0. The Morgan fingerprint density at radius 2 is 1.50 bits per heavy atom. The van der Waals surface area contributed by atoms with Crippen molar-refractivity contribution in [2.45, 2.75) is 43.4 Å². The molecule has 2 N–H and O–H groups in total. The van der Waals surface area contributed by atoms with Gasteiger partial charge in [-0.1, -0.05) is 0 Å². The van der Waals surface area contributed by atoms with E-state index in [0.717, 1.165) is 31.4 Å². The van der Waals surface area contributed by atoms with Crippen LogP contribution in [0, 0.1) is 29.0 Å². The quantitative estimate of drug-likeness (QED) is 0.817. The molecule has 0 radical (unpaired) electrons. The smallest absolute Gasteiger partial charge is 0.257 e. The van der Waals surface area contributed by atoms with Crippen LogP contribution in [-0.2, 0) is 14.8 Å². The van der Waals surface area contributed by atoms with Gasteiger partial charge in [0.15, 0.2) is 0 Å². The van der Waals surface area contributed by atoms with Gasteiger partial charge in [0.1, 0.15) is 5.82 Å². The van der Waals surface area contributed by atoms with Crippen LogP contribution in [0.15, 0.2) is 29.2 Å². The molecular formula is C17H21FN2O3S. The SMILES string of the molecule is O=C(NNS(=O)(=O)c1ccc(F)cc1)C12CC3CC(CC(C3)C1)C2. The molecule has 1 aromatic carbocycles. The van der Waals surface area contributed by atoms with Gasteiger partial charge < -0.3 is 0 Å². The maximum absolute atomic E-state index is 12.9. The first-order valence-corrected chi connectivity index (χ1v) is 9.92. The lowest BCUT2D eigenvalue weighted by Gasteiger charge is -2.55. The molecule has 0 saturated heterocycles. The summed E-state index contributed by atoms with van der Waals surface area (Å²) < 4.78 is 37.4. The molecule has 0 aromatic heterocycles. The summed E-state index contributed by atoms with van der Waals surface area (Å²) in [6.45, 7) is 0. The third-order valence-electron chi connectivity index (χ3n) is 5.94. The number of hydrogen-bond donors (Lipinski definition) is 2. The topological polar surface area (TPSA) is 75.3 Å². The summed E-state index contributed by atoms with van der Waals surface area (Å²) in [7, 11) is -3.89. The summed E-state index contributed by atoms with van der Waals surface area (Å²) in [4.78, 5) is 14.8. The van der Waals surface area contributed by atoms with E-state index >= 15 is 0 Å². The fraction of sp³-hybridized carbons (Fsp3) is 0.588. The molecule has 0 heterocycles. The van der Waals surface area contributed by atoms with Crippen molar-refractivity contribution in [1.29, 1.82) is 0 Å². The fourth-order valence-corrected chi connectivity index (χ4v) is 6.15. The maximum atomic E-state index is 12.9. The second kappa shape index (κ2) is 5.52. The van der Waals surface area contributed by atoms with Gasteiger partial charge in [0.25, 0.3) is 10.0 Å². The first-order valence-electron chi connectivity index (χ1n) is 8.44. The zero-order valence-corrected chi connectivity index (χ0v) is 14.1. The van der Waals surface area contributed by atoms with Gasteiger partial charge in [-0.2, -0.15) is 0 Å². The molecule has 0 unspecified atom stereocenters. The highest BCUT2D eigenvalue weighted by molar-refractivity contribution is 7.89. The van der Waals surface area contributed by atoms with E-state index in [1.54, 1.807) is 0 Å². The van der Waals surface area contributed by atoms with Gasteiger partial charge in [-0.25, -0.2) is 12.8 Å². The van der Waals surface area contributed by atoms with Gasteiger partial charge in [0, 0.05) is 0 Å². The van der Waals surface area contributed by atoms with Gasteiger partial charge in [-0.3, -0.25) is 10.2 Å². The Labute approximate surface area is 141 Å². The van der Waals surface area contributed by atoms with E-state index in [4.69, 9.17) is 0 Å². The monoisotopic (exact) mass is 352 g/mol. The number of sulfonamides is 1. The number of hydrazine groups is 1. The molecule has 0 aliphatic heterocycles. The minimum Gasteiger partial charge on any atom is -0.277 e. The lowest BCUT2D eigenvalue weighted by atomic mass is 9.49. The predicted molar refractivity (Wildman–Crippen MR) is 85.5 cm³/mol. The largest absolute Gasteiger partial charge is 0.277 e. The molecule has 7 heteroatoms. The normalized spacial score (nSPS) is 34.3. The van der Waals surface area contributed by atoms with Gasteiger partial charge in [0.2, 0.25) is 5.91 Å². The lowest BCUT2D eigenvalue weighted by Crippen LogP contribution is -2.56. The van der Waals surface area contributed by atoms with Crippen molar-refractivity contribution in [2.24, 2.45) is 23.2 Å². The zero-order chi connectivity index (χ0) is 16.9. The predicted octanol–water partition coefficient (Wildman–Crippen LogP) is 2.35. The van der Waals surface area contributed by atoms with Crippen LogP contribution in [0.1, 0.15) is 38.5 Å². The highest BCUT2D eigenvalue weighted by Gasteiger charge is 2.54. The van der Waals surface area contributed by atoms with Crippen LogP contribution in [0.5, 0.6) is 0 Å². The highest BCUT2D eigenvalue weighted by Crippen LogP contribution is 2.60. The number of carbonyl (C=O) groups excluding carboxylic acids is 1. The van der Waals surface area contributed by atoms with Crippen molar-refractivity contribution in [2.75, 3.05) is 0 Å². The molecule has 0 spiro atoms. The summed E-state index contributed by atoms with van der Waals surface area (Å²) in [6, 6.07) is 4.51. The van der Waals surface area contributed by atoms with E-state index in [0.29, 0.717) is 17.8 Å². The zero-order valence-electron chi connectivity index (χ0n) is 13.3. The summed E-state index contributed by atoms with van der Waals surface area (Å²) in [5.74, 6) is 1.10. The van der Waals surface area contributed by atoms with E-state index in [2.05, 4.69) is 10.3 Å². The molecule has 4 bridgehead atoms. The third-order valence-corrected chi connectivity index (χ3v) is 7.21. The highest BCUT2D eigenvalue weighted by atomic mass is 32.2. The van der Waals surface area contributed by atoms with Crippen molar-refractivity contribution in [1.82, 2.24) is 10.3 Å². The fourth-order valence-electron chi connectivity index (χ4n) is 5.31. The number of benzene rings is 1. The van der Waals surface area contributed by atoms with Crippen LogP contribution < -0.4 is 10.3 Å². The Morgan fingerprint density at radius 3 is 2.00 bits per heavy atom. The summed E-state index contributed by atoms with van der Waals surface area (Å²) in [5.41, 5.74) is 2.01. The first-order chi connectivity index (χ1) is 11.4. The number of halogens is 1. The van der Waals surface area contributed by atoms with Crippen LogP contribution in [0.4, 0.5) is 4.39 Å². The Kier molecular flexibility index (Phi) is 3.69. The van der Waals surface area contributed by atoms with Crippen molar-refractivity contribution in [3.8, 4) is 0 Å². The minimum absolute atomic E-state index is 0.0743. The molecule has 0 atom stereocenters. The number of hydrogen-bond acceptors (Lipinski definition) is 3. The molecule has 1 amide bonds. The van der Waals surface area contributed by atoms with Gasteiger partial charge in [-0.15, -0.1) is 4.83 Å². The number of nitrogens with one attached hydrogen (secondary N) is 2. The molecule has 4 aliphatic rings. The molecule has 130 valence electrons. The van der Waals surface area contributed by atoms with E-state index in [1.165, 1.54) is 31.4 Å². The van der Waals surface area contributed by atoms with Gasteiger partial charge >= 0.3 is 0 Å². The van der Waals surface area contributed by atoms with Crippen molar-refractivity contribution in [3.05, 3.63) is 30.1 Å². The Hall–Kier alpha value is -1.47. The van der Waals surface area contributed by atoms with Crippen molar-refractivity contribution in [3.63, 3.8) is 0 Å². The van der Waals surface area contributed by atoms with Crippen molar-refractivity contribution >= 4 is 15.9 Å². The summed E-state index contributed by atoms with van der Waals surface area (Å²) in [5, 5.41) is 0. The van der Waals surface area contributed by atoms with Crippen LogP contribution >= 0.6 is 0 Å². The summed E-state index contributed by atoms with van der Waals surface area (Å²) in [6.07, 6.45) is 6.24. The second-order valence-electron chi connectivity index (χ2n) is 7.71. The lowest BCUT2D eigenvalue weighted by molar-refractivity contribution is -0.146. The number of amides is 1. The van der Waals surface area contributed by atoms with E-state index < -0.39 is 21.3 Å². The van der Waals surface area contributed by atoms with Crippen LogP contribution in [0.2, 0.25) is 0 Å². The van der Waals surface area contributed by atoms with Crippen LogP contribution in [0.3, 0.4) is 0 Å². The third kappa shape index (κ3) is 2.73. The standard InChI is InChI=1S/C17H21FN2O3S/c18-14-1-3-15(4-2-14)24(22,23)20-19-16(21)17-8-11-5-12(9-17)7-13(6-11)10-17/h1-4,11-13,20H,5-10H2,(H,19,21). The molecular weight excluding hydrogens is 331 g/mol. The van der Waals surface area contributed by atoms with Crippen molar-refractivity contribution < 1.29 is 17.6 Å². The number of carbonyl (C=O) groups is 1. The maximum Gasteiger partial charge on any atom is 0.257 e. The average molecular weight is 352 g/mol. The molecule has 4 fully saturated rings.